The van der Waals surface area contributed by atoms with E-state index in [0.29, 0.717) is 0 Å². The zero-order valence-electron chi connectivity index (χ0n) is 7.49. The van der Waals surface area contributed by atoms with Gasteiger partial charge in [0.05, 0.1) is 0 Å². The third-order valence-electron chi connectivity index (χ3n) is 1.22. The van der Waals surface area contributed by atoms with Crippen LogP contribution in [0.5, 0.6) is 0 Å². The van der Waals surface area contributed by atoms with Crippen LogP contribution in [-0.4, -0.2) is 0 Å². The van der Waals surface area contributed by atoms with E-state index in [0.717, 1.165) is 0 Å². The van der Waals surface area contributed by atoms with E-state index in [2.05, 4.69) is 41.2 Å². The Morgan fingerprint density at radius 2 is 1.54 bits per heavy atom. The third-order valence-corrected chi connectivity index (χ3v) is 1.49. The molecular weight excluding hydrogens is 224 g/mol. The Morgan fingerprint density at radius 1 is 1.00 bits per heavy atom. The summed E-state index contributed by atoms with van der Waals surface area (Å²) in [5, 5.41) is 0. The first kappa shape index (κ1) is 11.9. The molecule has 0 spiro atoms. The molecule has 0 N–H and O–H groups in total. The van der Waals surface area contributed by atoms with Crippen molar-refractivity contribution in [1.82, 2.24) is 0 Å². The first-order valence-electron chi connectivity index (χ1n) is 3.90. The maximum Gasteiger partial charge on any atom is -0.0183 e. The number of benzene rings is 1. The van der Waals surface area contributed by atoms with Gasteiger partial charge < -0.3 is 0 Å². The zero-order valence-corrected chi connectivity index (χ0v) is 9.07. The lowest BCUT2D eigenvalue weighted by molar-refractivity contribution is 1.67. The summed E-state index contributed by atoms with van der Waals surface area (Å²) in [6.07, 6.45) is 5.28. The lowest BCUT2D eigenvalue weighted by Gasteiger charge is -1.86. The van der Waals surface area contributed by atoms with E-state index in [9.17, 15) is 0 Å². The molecule has 0 radical (unpaired) electrons. The van der Waals surface area contributed by atoms with Gasteiger partial charge in [-0.2, -0.15) is 0 Å². The van der Waals surface area contributed by atoms with Crippen LogP contribution >= 0.6 is 15.9 Å². The average Bonchev–Trinajstić information content (AvgIpc) is 2.20. The highest BCUT2D eigenvalue weighted by molar-refractivity contribution is 9.11. The van der Waals surface area contributed by atoms with Gasteiger partial charge in [0.2, 0.25) is 0 Å². The van der Waals surface area contributed by atoms with Crippen molar-refractivity contribution in [2.24, 2.45) is 0 Å². The lowest BCUT2D eigenvalue weighted by Crippen LogP contribution is -1.64. The van der Waals surface area contributed by atoms with Gasteiger partial charge in [0.1, 0.15) is 0 Å². The molecular formula is C12H13Br. The first-order valence-corrected chi connectivity index (χ1v) is 4.82. The van der Waals surface area contributed by atoms with E-state index >= 15 is 0 Å². The molecule has 0 fully saturated rings. The normalized spacial score (nSPS) is 8.69. The molecule has 0 amide bonds. The summed E-state index contributed by atoms with van der Waals surface area (Å²) in [5.41, 5.74) is 1.22. The monoisotopic (exact) mass is 236 g/mol. The van der Waals surface area contributed by atoms with Crippen LogP contribution in [0.2, 0.25) is 0 Å². The van der Waals surface area contributed by atoms with Gasteiger partial charge >= 0.3 is 0 Å². The molecule has 1 aromatic carbocycles. The smallest absolute Gasteiger partial charge is 0.0183 e. The second-order valence-corrected chi connectivity index (χ2v) is 2.70. The molecule has 0 atom stereocenters. The lowest BCUT2D eigenvalue weighted by atomic mass is 10.2. The minimum absolute atomic E-state index is 1.22. The Hall–Kier alpha value is -1.08. The van der Waals surface area contributed by atoms with E-state index in [1.165, 1.54) is 5.56 Å². The number of hydrogen-bond donors (Lipinski definition) is 0. The Labute approximate surface area is 88.4 Å². The molecule has 0 heterocycles. The minimum Gasteiger partial charge on any atom is -0.0991 e. The van der Waals surface area contributed by atoms with Gasteiger partial charge in [0.25, 0.3) is 0 Å². The molecule has 1 heteroatoms. The van der Waals surface area contributed by atoms with Crippen molar-refractivity contribution in [3.05, 3.63) is 66.2 Å². The van der Waals surface area contributed by atoms with Crippen LogP contribution < -0.4 is 0 Å². The number of rotatable bonds is 2. The number of hydrogen-bond acceptors (Lipinski definition) is 0. The molecule has 0 aliphatic rings. The summed E-state index contributed by atoms with van der Waals surface area (Å²) in [7, 11) is 0. The van der Waals surface area contributed by atoms with Crippen LogP contribution in [0.25, 0.3) is 6.08 Å². The molecule has 1 rings (SSSR count). The Bertz CT molecular complexity index is 254. The fourth-order valence-corrected chi connectivity index (χ4v) is 0.942. The van der Waals surface area contributed by atoms with Crippen LogP contribution in [0.1, 0.15) is 5.56 Å². The Kier molecular flexibility index (Phi) is 8.26. The number of allylic oxidation sites excluding steroid dienone is 2. The summed E-state index contributed by atoms with van der Waals surface area (Å²) < 4.78 is 0. The van der Waals surface area contributed by atoms with Crippen LogP contribution in [0.3, 0.4) is 0 Å². The van der Waals surface area contributed by atoms with Gasteiger partial charge in [-0.3, -0.25) is 0 Å². The average molecular weight is 237 g/mol. The first-order chi connectivity index (χ1) is 6.35. The Balaban J connectivity index is 0.000000310. The molecule has 0 bridgehead atoms. The van der Waals surface area contributed by atoms with Gasteiger partial charge in [-0.05, 0) is 16.6 Å². The van der Waals surface area contributed by atoms with Crippen molar-refractivity contribution >= 4 is 22.0 Å². The summed E-state index contributed by atoms with van der Waals surface area (Å²) in [5.74, 6) is 0. The SMILES string of the molecule is BrC=Cc1ccccc1.C=CC=C. The molecule has 1 aromatic rings. The second kappa shape index (κ2) is 9.01. The van der Waals surface area contributed by atoms with Gasteiger partial charge in [0, 0.05) is 0 Å². The van der Waals surface area contributed by atoms with Gasteiger partial charge in [-0.25, -0.2) is 0 Å². The predicted octanol–water partition coefficient (Wildman–Crippen LogP) is 4.41. The van der Waals surface area contributed by atoms with Gasteiger partial charge in [0.15, 0.2) is 0 Å². The quantitative estimate of drug-likeness (QED) is 0.668. The van der Waals surface area contributed by atoms with Crippen LogP contribution in [0.15, 0.2) is 60.6 Å². The minimum atomic E-state index is 1.22. The van der Waals surface area contributed by atoms with Crippen molar-refractivity contribution in [3.63, 3.8) is 0 Å². The summed E-state index contributed by atoms with van der Waals surface area (Å²) in [4.78, 5) is 1.85. The molecule has 0 saturated carbocycles. The summed E-state index contributed by atoms with van der Waals surface area (Å²) in [6, 6.07) is 10.1. The van der Waals surface area contributed by atoms with E-state index in [1.54, 1.807) is 12.2 Å². The van der Waals surface area contributed by atoms with Crippen molar-refractivity contribution < 1.29 is 0 Å². The molecule has 0 aromatic heterocycles. The molecule has 0 saturated heterocycles. The predicted molar refractivity (Wildman–Crippen MR) is 64.8 cm³/mol. The van der Waals surface area contributed by atoms with Crippen LogP contribution in [-0.2, 0) is 0 Å². The molecule has 0 unspecified atom stereocenters. The van der Waals surface area contributed by atoms with E-state index in [4.69, 9.17) is 0 Å². The molecule has 13 heavy (non-hydrogen) atoms. The largest absolute Gasteiger partial charge is 0.0991 e. The molecule has 0 nitrogen and oxygen atoms in total. The van der Waals surface area contributed by atoms with E-state index < -0.39 is 0 Å². The van der Waals surface area contributed by atoms with Gasteiger partial charge in [-0.15, -0.1) is 0 Å². The second-order valence-electron chi connectivity index (χ2n) is 2.17. The van der Waals surface area contributed by atoms with Crippen LogP contribution in [0, 0.1) is 0 Å². The highest BCUT2D eigenvalue weighted by Crippen LogP contribution is 2.01. The zero-order chi connectivity index (χ0) is 9.94. The standard InChI is InChI=1S/C8H7Br.C4H6/c9-7-6-8-4-2-1-3-5-8;1-3-4-2/h1-7H;3-4H,1-2H2. The van der Waals surface area contributed by atoms with Crippen LogP contribution in [0.4, 0.5) is 0 Å². The van der Waals surface area contributed by atoms with Crippen molar-refractivity contribution in [1.29, 1.82) is 0 Å². The Morgan fingerprint density at radius 3 is 1.92 bits per heavy atom. The van der Waals surface area contributed by atoms with Crippen molar-refractivity contribution in [2.75, 3.05) is 0 Å². The highest BCUT2D eigenvalue weighted by atomic mass is 79.9. The van der Waals surface area contributed by atoms with Crippen molar-refractivity contribution in [3.8, 4) is 0 Å². The summed E-state index contributed by atoms with van der Waals surface area (Å²) >= 11 is 3.21. The molecule has 0 aliphatic heterocycles. The molecule has 0 aliphatic carbocycles. The molecule has 68 valence electrons. The maximum atomic E-state index is 3.36. The topological polar surface area (TPSA) is 0 Å². The van der Waals surface area contributed by atoms with E-state index in [1.807, 2.05) is 29.3 Å². The number of halogens is 1. The summed E-state index contributed by atoms with van der Waals surface area (Å²) in [6.45, 7) is 6.72. The van der Waals surface area contributed by atoms with Gasteiger partial charge in [-0.1, -0.05) is 71.6 Å². The fraction of sp³-hybridized carbons (Fsp3) is 0. The third kappa shape index (κ3) is 7.29. The fourth-order valence-electron chi connectivity index (χ4n) is 0.637. The van der Waals surface area contributed by atoms with Crippen molar-refractivity contribution in [2.45, 2.75) is 0 Å². The highest BCUT2D eigenvalue weighted by Gasteiger charge is 1.78. The maximum absolute atomic E-state index is 3.36. The van der Waals surface area contributed by atoms with E-state index in [-0.39, 0.29) is 0 Å².